The lowest BCUT2D eigenvalue weighted by Crippen LogP contribution is -2.39. The smallest absolute Gasteiger partial charge is 0.359 e. The van der Waals surface area contributed by atoms with Crippen molar-refractivity contribution in [2.75, 3.05) is 0 Å². The summed E-state index contributed by atoms with van der Waals surface area (Å²) in [5, 5.41) is 13.6. The fourth-order valence-electron chi connectivity index (χ4n) is 6.45. The Bertz CT molecular complexity index is 2120. The molecule has 7 aromatic rings. The first-order chi connectivity index (χ1) is 24.6. The number of nitrogens with one attached hydrogen (secondary N) is 1. The van der Waals surface area contributed by atoms with Crippen LogP contribution >= 0.6 is 0 Å². The molecule has 0 amide bonds. The second kappa shape index (κ2) is 14.3. The third-order valence-electron chi connectivity index (χ3n) is 8.74. The SMILES string of the molecule is CCCc1nc(C(=O)OCc2ccc(-c3ccccc3-c3nnnn3C(c3ccccc3)(c3ccccc3)c3ccccc3)cc2)c(C=O)[nH]1. The van der Waals surface area contributed by atoms with E-state index in [1.165, 1.54) is 0 Å². The van der Waals surface area contributed by atoms with Crippen molar-refractivity contribution in [3.63, 3.8) is 0 Å². The van der Waals surface area contributed by atoms with E-state index in [0.717, 1.165) is 45.4 Å². The Hall–Kier alpha value is -6.48. The highest BCUT2D eigenvalue weighted by Gasteiger charge is 2.42. The molecule has 0 atom stereocenters. The first-order valence-electron chi connectivity index (χ1n) is 16.5. The molecule has 2 aromatic heterocycles. The van der Waals surface area contributed by atoms with Crippen LogP contribution in [0.4, 0.5) is 0 Å². The first-order valence-corrected chi connectivity index (χ1v) is 16.5. The van der Waals surface area contributed by atoms with Crippen LogP contribution in [0.2, 0.25) is 0 Å². The summed E-state index contributed by atoms with van der Waals surface area (Å²) in [7, 11) is 0. The van der Waals surface area contributed by atoms with Gasteiger partial charge in [-0.3, -0.25) is 4.79 Å². The topological polar surface area (TPSA) is 116 Å². The summed E-state index contributed by atoms with van der Waals surface area (Å²) in [5.74, 6) is 0.539. The Morgan fingerprint density at radius 1 is 0.760 bits per heavy atom. The number of aromatic nitrogens is 6. The summed E-state index contributed by atoms with van der Waals surface area (Å²) in [6.07, 6.45) is 2.06. The number of rotatable bonds is 12. The number of hydrogen-bond donors (Lipinski definition) is 1. The molecule has 5 aromatic carbocycles. The number of carbonyl (C=O) groups is 2. The monoisotopic (exact) mass is 658 g/mol. The highest BCUT2D eigenvalue weighted by molar-refractivity contribution is 5.95. The van der Waals surface area contributed by atoms with Crippen molar-refractivity contribution in [3.05, 3.63) is 179 Å². The molecule has 0 aliphatic heterocycles. The Morgan fingerprint density at radius 2 is 1.32 bits per heavy atom. The van der Waals surface area contributed by atoms with Gasteiger partial charge in [-0.05, 0) is 50.2 Å². The van der Waals surface area contributed by atoms with Crippen LogP contribution in [0.5, 0.6) is 0 Å². The molecular formula is C41H34N6O3. The third-order valence-corrected chi connectivity index (χ3v) is 8.74. The quantitative estimate of drug-likeness (QED) is 0.0813. The zero-order valence-electron chi connectivity index (χ0n) is 27.4. The van der Waals surface area contributed by atoms with E-state index in [9.17, 15) is 9.59 Å². The van der Waals surface area contributed by atoms with E-state index in [2.05, 4.69) is 56.7 Å². The van der Waals surface area contributed by atoms with Crippen molar-refractivity contribution in [2.24, 2.45) is 0 Å². The number of aryl methyl sites for hydroxylation is 1. The van der Waals surface area contributed by atoms with Crippen LogP contribution in [0.15, 0.2) is 140 Å². The maximum Gasteiger partial charge on any atom is 0.359 e. The maximum absolute atomic E-state index is 12.8. The first kappa shape index (κ1) is 32.1. The average molecular weight is 659 g/mol. The second-order valence-corrected chi connectivity index (χ2v) is 11.9. The minimum absolute atomic E-state index is 0.00398. The number of tetrazole rings is 1. The van der Waals surface area contributed by atoms with Crippen LogP contribution in [-0.4, -0.2) is 42.4 Å². The van der Waals surface area contributed by atoms with Gasteiger partial charge in [0.2, 0.25) is 0 Å². The number of ether oxygens (including phenoxy) is 1. The van der Waals surface area contributed by atoms with Crippen LogP contribution in [-0.2, 0) is 23.3 Å². The van der Waals surface area contributed by atoms with Gasteiger partial charge in [0, 0.05) is 12.0 Å². The van der Waals surface area contributed by atoms with Gasteiger partial charge in [0.05, 0.1) is 0 Å². The average Bonchev–Trinajstić information content (AvgIpc) is 3.84. The molecule has 1 N–H and O–H groups in total. The van der Waals surface area contributed by atoms with E-state index >= 15 is 0 Å². The molecule has 2 heterocycles. The molecule has 50 heavy (non-hydrogen) atoms. The lowest BCUT2D eigenvalue weighted by Gasteiger charge is -2.36. The molecule has 0 unspecified atom stereocenters. The van der Waals surface area contributed by atoms with Crippen LogP contribution in [0.1, 0.15) is 62.4 Å². The Morgan fingerprint density at radius 3 is 1.88 bits per heavy atom. The van der Waals surface area contributed by atoms with Gasteiger partial charge in [-0.2, -0.15) is 0 Å². The van der Waals surface area contributed by atoms with Gasteiger partial charge >= 0.3 is 5.97 Å². The number of carbonyl (C=O) groups excluding carboxylic acids is 2. The van der Waals surface area contributed by atoms with E-state index in [0.29, 0.717) is 24.4 Å². The van der Waals surface area contributed by atoms with Crippen molar-refractivity contribution >= 4 is 12.3 Å². The number of esters is 1. The molecule has 0 aliphatic rings. The van der Waals surface area contributed by atoms with E-state index in [-0.39, 0.29) is 18.0 Å². The van der Waals surface area contributed by atoms with Crippen molar-refractivity contribution in [3.8, 4) is 22.5 Å². The summed E-state index contributed by atoms with van der Waals surface area (Å²) in [6, 6.07) is 46.7. The highest BCUT2D eigenvalue weighted by atomic mass is 16.5. The lowest BCUT2D eigenvalue weighted by atomic mass is 9.77. The largest absolute Gasteiger partial charge is 0.456 e. The van der Waals surface area contributed by atoms with Gasteiger partial charge in [0.1, 0.15) is 23.7 Å². The predicted molar refractivity (Wildman–Crippen MR) is 190 cm³/mol. The van der Waals surface area contributed by atoms with Gasteiger partial charge < -0.3 is 9.72 Å². The van der Waals surface area contributed by atoms with E-state index in [4.69, 9.17) is 9.95 Å². The molecule has 0 bridgehead atoms. The number of aldehydes is 1. The number of hydrogen-bond acceptors (Lipinski definition) is 7. The molecule has 0 aliphatic carbocycles. The number of benzene rings is 5. The summed E-state index contributed by atoms with van der Waals surface area (Å²) in [4.78, 5) is 31.5. The predicted octanol–water partition coefficient (Wildman–Crippen LogP) is 7.69. The number of H-pyrrole nitrogens is 1. The summed E-state index contributed by atoms with van der Waals surface area (Å²) in [5.41, 5.74) is 5.80. The fourth-order valence-corrected chi connectivity index (χ4v) is 6.45. The van der Waals surface area contributed by atoms with E-state index in [1.54, 1.807) is 0 Å². The summed E-state index contributed by atoms with van der Waals surface area (Å²) >= 11 is 0. The molecule has 0 spiro atoms. The molecular weight excluding hydrogens is 624 g/mol. The number of imidazole rings is 1. The van der Waals surface area contributed by atoms with E-state index < -0.39 is 11.5 Å². The molecule has 9 heteroatoms. The van der Waals surface area contributed by atoms with Crippen LogP contribution in [0, 0.1) is 0 Å². The zero-order valence-corrected chi connectivity index (χ0v) is 27.4. The van der Waals surface area contributed by atoms with E-state index in [1.807, 2.05) is 115 Å². The van der Waals surface area contributed by atoms with Gasteiger partial charge in [-0.1, -0.05) is 146 Å². The molecule has 246 valence electrons. The highest BCUT2D eigenvalue weighted by Crippen LogP contribution is 2.43. The van der Waals surface area contributed by atoms with Crippen molar-refractivity contribution in [2.45, 2.75) is 31.9 Å². The van der Waals surface area contributed by atoms with Gasteiger partial charge in [0.25, 0.3) is 0 Å². The molecule has 0 saturated carbocycles. The molecule has 0 radical (unpaired) electrons. The van der Waals surface area contributed by atoms with Crippen molar-refractivity contribution in [1.29, 1.82) is 0 Å². The van der Waals surface area contributed by atoms with Crippen LogP contribution in [0.25, 0.3) is 22.5 Å². The zero-order chi connectivity index (χ0) is 34.3. The lowest BCUT2D eigenvalue weighted by molar-refractivity contribution is 0.0464. The minimum atomic E-state index is -0.890. The maximum atomic E-state index is 12.8. The van der Waals surface area contributed by atoms with Gasteiger partial charge in [-0.25, -0.2) is 14.5 Å². The van der Waals surface area contributed by atoms with Gasteiger partial charge in [0.15, 0.2) is 17.8 Å². The normalized spacial score (nSPS) is 11.3. The molecule has 0 saturated heterocycles. The number of aromatic amines is 1. The standard InChI is InChI=1S/C41H34N6O3/c1-2-14-37-42-36(27-48)38(43-37)40(49)50-28-29-23-25-30(26-24-29)34-21-12-13-22-35(34)39-44-45-46-47(39)41(31-15-6-3-7-16-31,32-17-8-4-9-18-32)33-19-10-5-11-20-33/h3-13,15-27H,2,14,28H2,1H3,(H,42,43). The van der Waals surface area contributed by atoms with Gasteiger partial charge in [-0.15, -0.1) is 5.10 Å². The Kier molecular flexibility index (Phi) is 9.20. The fraction of sp³-hybridized carbons (Fsp3) is 0.122. The number of nitrogens with zero attached hydrogens (tertiary/aromatic N) is 5. The van der Waals surface area contributed by atoms with Crippen molar-refractivity contribution in [1.82, 2.24) is 30.2 Å². The minimum Gasteiger partial charge on any atom is -0.456 e. The summed E-state index contributed by atoms with van der Waals surface area (Å²) in [6.45, 7) is 2.03. The Labute approximate surface area is 289 Å². The molecule has 7 rings (SSSR count). The molecule has 9 nitrogen and oxygen atoms in total. The third kappa shape index (κ3) is 6.01. The summed E-state index contributed by atoms with van der Waals surface area (Å²) < 4.78 is 7.47. The van der Waals surface area contributed by atoms with Crippen molar-refractivity contribution < 1.29 is 14.3 Å². The molecule has 0 fully saturated rings. The van der Waals surface area contributed by atoms with Crippen LogP contribution < -0.4 is 0 Å². The van der Waals surface area contributed by atoms with Crippen LogP contribution in [0.3, 0.4) is 0 Å². The Balaban J connectivity index is 1.25. The second-order valence-electron chi connectivity index (χ2n) is 11.9.